The predicted molar refractivity (Wildman–Crippen MR) is 83.8 cm³/mol. The van der Waals surface area contributed by atoms with Gasteiger partial charge in [-0.05, 0) is 24.1 Å². The van der Waals surface area contributed by atoms with E-state index >= 15 is 0 Å². The third-order valence-corrected chi connectivity index (χ3v) is 4.15. The van der Waals surface area contributed by atoms with Crippen LogP contribution >= 0.6 is 34.5 Å². The second-order valence-corrected chi connectivity index (χ2v) is 6.41. The zero-order chi connectivity index (χ0) is 14.7. The molecule has 0 saturated heterocycles. The highest BCUT2D eigenvalue weighted by Crippen LogP contribution is 2.21. The normalized spacial score (nSPS) is 10.8. The van der Waals surface area contributed by atoms with Gasteiger partial charge in [0.05, 0.1) is 22.8 Å². The van der Waals surface area contributed by atoms with Crippen molar-refractivity contribution in [1.82, 2.24) is 10.3 Å². The number of carbonyl (C=O) groups is 1. The largest absolute Gasteiger partial charge is 0.345 e. The lowest BCUT2D eigenvalue weighted by Crippen LogP contribution is -2.23. The summed E-state index contributed by atoms with van der Waals surface area (Å²) in [5, 5.41) is 6.56. The summed E-state index contributed by atoms with van der Waals surface area (Å²) in [7, 11) is 0. The SMILES string of the molecule is CC(C)c1csc(CNC(=O)c2ccc(Cl)cc2Cl)n1. The van der Waals surface area contributed by atoms with E-state index < -0.39 is 0 Å². The topological polar surface area (TPSA) is 42.0 Å². The maximum Gasteiger partial charge on any atom is 0.253 e. The van der Waals surface area contributed by atoms with Crippen LogP contribution in [0.5, 0.6) is 0 Å². The number of rotatable bonds is 4. The minimum absolute atomic E-state index is 0.229. The monoisotopic (exact) mass is 328 g/mol. The van der Waals surface area contributed by atoms with Crippen LogP contribution in [0.3, 0.4) is 0 Å². The van der Waals surface area contributed by atoms with Gasteiger partial charge in [-0.1, -0.05) is 37.0 Å². The Labute approximate surface area is 131 Å². The van der Waals surface area contributed by atoms with Gasteiger partial charge in [-0.15, -0.1) is 11.3 Å². The molecule has 0 unspecified atom stereocenters. The molecule has 0 spiro atoms. The lowest BCUT2D eigenvalue weighted by atomic mass is 10.2. The van der Waals surface area contributed by atoms with Crippen LogP contribution in [0.4, 0.5) is 0 Å². The average Bonchev–Trinajstić information content (AvgIpc) is 2.85. The highest BCUT2D eigenvalue weighted by molar-refractivity contribution is 7.09. The number of halogens is 2. The number of nitrogens with one attached hydrogen (secondary N) is 1. The van der Waals surface area contributed by atoms with Crippen molar-refractivity contribution in [3.63, 3.8) is 0 Å². The van der Waals surface area contributed by atoms with E-state index in [1.165, 1.54) is 0 Å². The Morgan fingerprint density at radius 3 is 2.75 bits per heavy atom. The molecule has 20 heavy (non-hydrogen) atoms. The molecule has 3 nitrogen and oxygen atoms in total. The first-order valence-corrected chi connectivity index (χ1v) is 7.78. The van der Waals surface area contributed by atoms with Crippen molar-refractivity contribution in [2.75, 3.05) is 0 Å². The fraction of sp³-hybridized carbons (Fsp3) is 0.286. The summed E-state index contributed by atoms with van der Waals surface area (Å²) >= 11 is 13.3. The van der Waals surface area contributed by atoms with E-state index in [4.69, 9.17) is 23.2 Å². The van der Waals surface area contributed by atoms with E-state index in [1.54, 1.807) is 29.5 Å². The van der Waals surface area contributed by atoms with Crippen LogP contribution in [0.2, 0.25) is 10.0 Å². The molecule has 1 N–H and O–H groups in total. The zero-order valence-corrected chi connectivity index (χ0v) is 13.4. The third-order valence-electron chi connectivity index (χ3n) is 2.74. The quantitative estimate of drug-likeness (QED) is 0.897. The van der Waals surface area contributed by atoms with Gasteiger partial charge in [0.25, 0.3) is 5.91 Å². The summed E-state index contributed by atoms with van der Waals surface area (Å²) in [5.41, 5.74) is 1.46. The summed E-state index contributed by atoms with van der Waals surface area (Å²) < 4.78 is 0. The zero-order valence-electron chi connectivity index (χ0n) is 11.1. The maximum atomic E-state index is 12.0. The molecule has 0 radical (unpaired) electrons. The van der Waals surface area contributed by atoms with Gasteiger partial charge in [-0.25, -0.2) is 4.98 Å². The Morgan fingerprint density at radius 2 is 2.15 bits per heavy atom. The van der Waals surface area contributed by atoms with E-state index in [-0.39, 0.29) is 5.91 Å². The standard InChI is InChI=1S/C14H14Cl2N2OS/c1-8(2)12-7-20-13(18-12)6-17-14(19)10-4-3-9(15)5-11(10)16/h3-5,7-8H,6H2,1-2H3,(H,17,19). The highest BCUT2D eigenvalue weighted by atomic mass is 35.5. The van der Waals surface area contributed by atoms with E-state index in [1.807, 2.05) is 5.38 Å². The average molecular weight is 329 g/mol. The molecule has 1 heterocycles. The smallest absolute Gasteiger partial charge is 0.253 e. The number of carbonyl (C=O) groups excluding carboxylic acids is 1. The minimum atomic E-state index is -0.229. The molecule has 0 aliphatic heterocycles. The van der Waals surface area contributed by atoms with Crippen molar-refractivity contribution in [3.05, 3.63) is 49.9 Å². The predicted octanol–water partition coefficient (Wildman–Crippen LogP) is 4.50. The number of thiazole rings is 1. The molecule has 6 heteroatoms. The van der Waals surface area contributed by atoms with Gasteiger partial charge in [0.2, 0.25) is 0 Å². The highest BCUT2D eigenvalue weighted by Gasteiger charge is 2.12. The van der Waals surface area contributed by atoms with Crippen molar-refractivity contribution in [1.29, 1.82) is 0 Å². The van der Waals surface area contributed by atoms with Crippen molar-refractivity contribution >= 4 is 40.4 Å². The third kappa shape index (κ3) is 3.72. The Morgan fingerprint density at radius 1 is 1.40 bits per heavy atom. The van der Waals surface area contributed by atoms with Crippen LogP contribution in [0.25, 0.3) is 0 Å². The summed E-state index contributed by atoms with van der Waals surface area (Å²) in [6.07, 6.45) is 0. The number of nitrogens with zero attached hydrogens (tertiary/aromatic N) is 1. The first-order chi connectivity index (χ1) is 9.47. The molecule has 0 aliphatic carbocycles. The lowest BCUT2D eigenvalue weighted by Gasteiger charge is -2.05. The molecule has 0 atom stereocenters. The molecule has 2 rings (SSSR count). The van der Waals surface area contributed by atoms with Crippen molar-refractivity contribution < 1.29 is 4.79 Å². The molecule has 2 aromatic rings. The molecule has 0 saturated carbocycles. The molecule has 1 aromatic heterocycles. The van der Waals surface area contributed by atoms with Crippen molar-refractivity contribution in [3.8, 4) is 0 Å². The molecule has 0 fully saturated rings. The van der Waals surface area contributed by atoms with E-state index in [0.29, 0.717) is 28.1 Å². The number of benzene rings is 1. The van der Waals surface area contributed by atoms with E-state index in [9.17, 15) is 4.79 Å². The Kier molecular flexibility index (Phi) is 5.02. The lowest BCUT2D eigenvalue weighted by molar-refractivity contribution is 0.0951. The van der Waals surface area contributed by atoms with Gasteiger partial charge < -0.3 is 5.32 Å². The Balaban J connectivity index is 2.01. The first-order valence-electron chi connectivity index (χ1n) is 6.15. The van der Waals surface area contributed by atoms with Gasteiger partial charge >= 0.3 is 0 Å². The molecular formula is C14H14Cl2N2OS. The van der Waals surface area contributed by atoms with Gasteiger partial charge in [0.1, 0.15) is 5.01 Å². The van der Waals surface area contributed by atoms with Gasteiger partial charge in [0, 0.05) is 10.4 Å². The summed E-state index contributed by atoms with van der Waals surface area (Å²) in [5.74, 6) is 0.161. The van der Waals surface area contributed by atoms with Crippen molar-refractivity contribution in [2.45, 2.75) is 26.3 Å². The summed E-state index contributed by atoms with van der Waals surface area (Å²) in [4.78, 5) is 16.5. The maximum absolute atomic E-state index is 12.0. The van der Waals surface area contributed by atoms with Crippen LogP contribution in [0.15, 0.2) is 23.6 Å². The number of aromatic nitrogens is 1. The molecule has 0 aliphatic rings. The number of amides is 1. The molecular weight excluding hydrogens is 315 g/mol. The second-order valence-electron chi connectivity index (χ2n) is 4.63. The van der Waals surface area contributed by atoms with E-state index in [0.717, 1.165) is 10.7 Å². The van der Waals surface area contributed by atoms with Crippen LogP contribution in [-0.2, 0) is 6.54 Å². The van der Waals surface area contributed by atoms with Crippen molar-refractivity contribution in [2.24, 2.45) is 0 Å². The number of hydrogen-bond donors (Lipinski definition) is 1. The Bertz CT molecular complexity index is 625. The van der Waals surface area contributed by atoms with Crippen LogP contribution in [0, 0.1) is 0 Å². The molecule has 106 valence electrons. The number of hydrogen-bond acceptors (Lipinski definition) is 3. The van der Waals surface area contributed by atoms with Gasteiger partial charge in [-0.3, -0.25) is 4.79 Å². The summed E-state index contributed by atoms with van der Waals surface area (Å²) in [6, 6.07) is 4.81. The van der Waals surface area contributed by atoms with E-state index in [2.05, 4.69) is 24.1 Å². The van der Waals surface area contributed by atoms with Crippen LogP contribution in [-0.4, -0.2) is 10.9 Å². The minimum Gasteiger partial charge on any atom is -0.345 e. The molecule has 1 amide bonds. The molecule has 0 bridgehead atoms. The second kappa shape index (κ2) is 6.57. The fourth-order valence-electron chi connectivity index (χ4n) is 1.60. The Hall–Kier alpha value is -1.10. The summed E-state index contributed by atoms with van der Waals surface area (Å²) in [6.45, 7) is 4.57. The molecule has 1 aromatic carbocycles. The fourth-order valence-corrected chi connectivity index (χ4v) is 2.99. The van der Waals surface area contributed by atoms with Crippen LogP contribution < -0.4 is 5.32 Å². The van der Waals surface area contributed by atoms with Gasteiger partial charge in [-0.2, -0.15) is 0 Å². The van der Waals surface area contributed by atoms with Gasteiger partial charge in [0.15, 0.2) is 0 Å². The first kappa shape index (κ1) is 15.3. The van der Waals surface area contributed by atoms with Crippen LogP contribution in [0.1, 0.15) is 40.8 Å².